The number of aliphatic imine (C=N–C) groups is 1. The van der Waals surface area contributed by atoms with Crippen molar-refractivity contribution in [2.24, 2.45) is 10.7 Å². The zero-order valence-electron chi connectivity index (χ0n) is 10.4. The lowest BCUT2D eigenvalue weighted by molar-refractivity contribution is 0.322. The van der Waals surface area contributed by atoms with Crippen LogP contribution in [0.1, 0.15) is 20.3 Å². The van der Waals surface area contributed by atoms with Crippen LogP contribution in [0.2, 0.25) is 0 Å². The number of fused-ring (bicyclic) bond motifs is 1. The van der Waals surface area contributed by atoms with E-state index in [1.54, 1.807) is 0 Å². The Kier molecular flexibility index (Phi) is 3.52. The summed E-state index contributed by atoms with van der Waals surface area (Å²) in [4.78, 5) is 6.44. The first-order valence-corrected chi connectivity index (χ1v) is 6.01. The molecule has 4 heteroatoms. The largest absolute Gasteiger partial charge is 0.491 e. The van der Waals surface area contributed by atoms with E-state index in [1.165, 1.54) is 0 Å². The molecule has 0 spiro atoms. The van der Waals surface area contributed by atoms with Crippen molar-refractivity contribution in [3.8, 4) is 5.75 Å². The van der Waals surface area contributed by atoms with Gasteiger partial charge in [-0.25, -0.2) is 0 Å². The monoisotopic (exact) mass is 233 g/mol. The van der Waals surface area contributed by atoms with Gasteiger partial charge in [0.15, 0.2) is 5.96 Å². The van der Waals surface area contributed by atoms with Crippen molar-refractivity contribution in [2.45, 2.75) is 26.3 Å². The normalized spacial score (nSPS) is 16.4. The summed E-state index contributed by atoms with van der Waals surface area (Å²) in [5.41, 5.74) is 7.06. The van der Waals surface area contributed by atoms with E-state index in [0.717, 1.165) is 31.0 Å². The summed E-state index contributed by atoms with van der Waals surface area (Å²) >= 11 is 0. The van der Waals surface area contributed by atoms with Gasteiger partial charge in [-0.3, -0.25) is 4.99 Å². The molecule has 0 saturated carbocycles. The van der Waals surface area contributed by atoms with Crippen LogP contribution in [0.5, 0.6) is 5.75 Å². The number of ether oxygens (including phenoxy) is 1. The van der Waals surface area contributed by atoms with Gasteiger partial charge in [0.2, 0.25) is 0 Å². The lowest BCUT2D eigenvalue weighted by Crippen LogP contribution is -2.38. The first-order chi connectivity index (χ1) is 8.18. The molecule has 0 amide bonds. The van der Waals surface area contributed by atoms with E-state index in [2.05, 4.69) is 4.99 Å². The number of para-hydroxylation sites is 2. The Balaban J connectivity index is 2.35. The molecule has 0 radical (unpaired) electrons. The minimum absolute atomic E-state index is 0.200. The average molecular weight is 233 g/mol. The van der Waals surface area contributed by atoms with Crippen LogP contribution < -0.4 is 15.4 Å². The van der Waals surface area contributed by atoms with E-state index in [0.29, 0.717) is 5.96 Å². The molecule has 2 N–H and O–H groups in total. The number of benzene rings is 1. The van der Waals surface area contributed by atoms with Crippen molar-refractivity contribution in [1.29, 1.82) is 0 Å². The molecule has 0 bridgehead atoms. The van der Waals surface area contributed by atoms with E-state index < -0.39 is 0 Å². The maximum Gasteiger partial charge on any atom is 0.196 e. The molecule has 0 unspecified atom stereocenters. The summed E-state index contributed by atoms with van der Waals surface area (Å²) in [5.74, 6) is 1.45. The lowest BCUT2D eigenvalue weighted by atomic mass is 10.2. The average Bonchev–Trinajstić information content (AvgIpc) is 2.50. The fourth-order valence-corrected chi connectivity index (χ4v) is 1.90. The van der Waals surface area contributed by atoms with E-state index >= 15 is 0 Å². The molecule has 1 aliphatic heterocycles. The van der Waals surface area contributed by atoms with Crippen LogP contribution in [0, 0.1) is 0 Å². The minimum atomic E-state index is 0.200. The molecule has 1 aromatic carbocycles. The second-order valence-corrected chi connectivity index (χ2v) is 4.40. The molecular formula is C13H19N3O. The number of guanidine groups is 1. The zero-order chi connectivity index (χ0) is 12.3. The van der Waals surface area contributed by atoms with Crippen molar-refractivity contribution in [1.82, 2.24) is 0 Å². The maximum absolute atomic E-state index is 6.05. The van der Waals surface area contributed by atoms with Crippen molar-refractivity contribution in [3.63, 3.8) is 0 Å². The standard InChI is InChI=1S/C13H19N3O/c1-10(2)15-13(14)16-8-5-9-17-12-7-4-3-6-11(12)16/h3-4,6-7,10H,5,8-9H2,1-2H3,(H2,14,15). The fraction of sp³-hybridized carbons (Fsp3) is 0.462. The molecule has 0 aliphatic carbocycles. The number of hydrogen-bond donors (Lipinski definition) is 1. The Morgan fingerprint density at radius 2 is 2.18 bits per heavy atom. The third-order valence-electron chi connectivity index (χ3n) is 2.61. The first-order valence-electron chi connectivity index (χ1n) is 6.01. The number of hydrogen-bond acceptors (Lipinski definition) is 2. The van der Waals surface area contributed by atoms with Gasteiger partial charge in [0.25, 0.3) is 0 Å². The molecule has 4 nitrogen and oxygen atoms in total. The molecule has 2 rings (SSSR count). The minimum Gasteiger partial charge on any atom is -0.491 e. The lowest BCUT2D eigenvalue weighted by Gasteiger charge is -2.23. The van der Waals surface area contributed by atoms with E-state index in [-0.39, 0.29) is 6.04 Å². The summed E-state index contributed by atoms with van der Waals surface area (Å²) in [7, 11) is 0. The molecule has 0 aromatic heterocycles. The number of rotatable bonds is 1. The van der Waals surface area contributed by atoms with Crippen molar-refractivity contribution >= 4 is 11.6 Å². The molecule has 0 fully saturated rings. The highest BCUT2D eigenvalue weighted by atomic mass is 16.5. The van der Waals surface area contributed by atoms with Gasteiger partial charge in [0.1, 0.15) is 5.75 Å². The van der Waals surface area contributed by atoms with Crippen molar-refractivity contribution < 1.29 is 4.74 Å². The van der Waals surface area contributed by atoms with Gasteiger partial charge in [-0.1, -0.05) is 12.1 Å². The predicted molar refractivity (Wildman–Crippen MR) is 70.7 cm³/mol. The Hall–Kier alpha value is -1.71. The van der Waals surface area contributed by atoms with Gasteiger partial charge in [-0.05, 0) is 32.4 Å². The van der Waals surface area contributed by atoms with Crippen LogP contribution >= 0.6 is 0 Å². The molecule has 1 heterocycles. The third kappa shape index (κ3) is 2.70. The fourth-order valence-electron chi connectivity index (χ4n) is 1.90. The van der Waals surface area contributed by atoms with Crippen LogP contribution in [0.3, 0.4) is 0 Å². The highest BCUT2D eigenvalue weighted by molar-refractivity contribution is 5.96. The molecule has 92 valence electrons. The van der Waals surface area contributed by atoms with Gasteiger partial charge in [0.05, 0.1) is 12.3 Å². The Morgan fingerprint density at radius 1 is 1.41 bits per heavy atom. The Labute approximate surface area is 102 Å². The Morgan fingerprint density at radius 3 is 2.94 bits per heavy atom. The topological polar surface area (TPSA) is 50.8 Å². The van der Waals surface area contributed by atoms with Crippen LogP contribution in [0.25, 0.3) is 0 Å². The van der Waals surface area contributed by atoms with Gasteiger partial charge < -0.3 is 15.4 Å². The third-order valence-corrected chi connectivity index (χ3v) is 2.61. The number of nitrogens with zero attached hydrogens (tertiary/aromatic N) is 2. The second-order valence-electron chi connectivity index (χ2n) is 4.40. The highest BCUT2D eigenvalue weighted by Crippen LogP contribution is 2.30. The van der Waals surface area contributed by atoms with Crippen LogP contribution in [0.4, 0.5) is 5.69 Å². The SMILES string of the molecule is CC(C)N=C(N)N1CCCOc2ccccc21. The van der Waals surface area contributed by atoms with E-state index in [1.807, 2.05) is 43.0 Å². The quantitative estimate of drug-likeness (QED) is 0.596. The molecule has 1 aliphatic rings. The molecule has 1 aromatic rings. The Bertz CT molecular complexity index is 415. The van der Waals surface area contributed by atoms with Crippen LogP contribution in [-0.4, -0.2) is 25.2 Å². The molecular weight excluding hydrogens is 214 g/mol. The predicted octanol–water partition coefficient (Wildman–Crippen LogP) is 2.00. The highest BCUT2D eigenvalue weighted by Gasteiger charge is 2.18. The van der Waals surface area contributed by atoms with E-state index in [4.69, 9.17) is 10.5 Å². The van der Waals surface area contributed by atoms with Gasteiger partial charge in [-0.2, -0.15) is 0 Å². The second kappa shape index (κ2) is 5.08. The molecule has 0 saturated heterocycles. The van der Waals surface area contributed by atoms with Crippen LogP contribution in [-0.2, 0) is 0 Å². The van der Waals surface area contributed by atoms with Gasteiger partial charge in [0, 0.05) is 12.6 Å². The summed E-state index contributed by atoms with van der Waals surface area (Å²) in [6.07, 6.45) is 0.947. The smallest absolute Gasteiger partial charge is 0.196 e. The van der Waals surface area contributed by atoms with Gasteiger partial charge >= 0.3 is 0 Å². The van der Waals surface area contributed by atoms with E-state index in [9.17, 15) is 0 Å². The zero-order valence-corrected chi connectivity index (χ0v) is 10.4. The van der Waals surface area contributed by atoms with Gasteiger partial charge in [-0.15, -0.1) is 0 Å². The summed E-state index contributed by atoms with van der Waals surface area (Å²) < 4.78 is 5.68. The number of nitrogens with two attached hydrogens (primary N) is 1. The number of anilines is 1. The summed E-state index contributed by atoms with van der Waals surface area (Å²) in [6.45, 7) is 5.61. The van der Waals surface area contributed by atoms with Crippen molar-refractivity contribution in [3.05, 3.63) is 24.3 Å². The molecule has 17 heavy (non-hydrogen) atoms. The summed E-state index contributed by atoms with van der Waals surface area (Å²) in [5, 5.41) is 0. The molecule has 0 atom stereocenters. The van der Waals surface area contributed by atoms with Crippen molar-refractivity contribution in [2.75, 3.05) is 18.1 Å². The maximum atomic E-state index is 6.05. The van der Waals surface area contributed by atoms with Crippen LogP contribution in [0.15, 0.2) is 29.3 Å². The first kappa shape index (κ1) is 11.8. The summed E-state index contributed by atoms with van der Waals surface area (Å²) in [6, 6.07) is 8.15.